The van der Waals surface area contributed by atoms with Crippen molar-refractivity contribution in [2.24, 2.45) is 0 Å². The first-order valence-corrected chi connectivity index (χ1v) is 7.30. The molecule has 1 aliphatic rings. The quantitative estimate of drug-likeness (QED) is 0.889. The van der Waals surface area contributed by atoms with Crippen LogP contribution in [0.5, 0.6) is 0 Å². The molecule has 1 aromatic rings. The van der Waals surface area contributed by atoms with Crippen LogP contribution in [0.15, 0.2) is 16.6 Å². The summed E-state index contributed by atoms with van der Waals surface area (Å²) in [6, 6.07) is 4.56. The molecular formula is C14H15BrFN3O. The topological polar surface area (TPSA) is 64.9 Å². The van der Waals surface area contributed by atoms with Gasteiger partial charge in [-0.2, -0.15) is 5.26 Å². The van der Waals surface area contributed by atoms with Gasteiger partial charge >= 0.3 is 0 Å². The Morgan fingerprint density at radius 2 is 2.35 bits per heavy atom. The van der Waals surface area contributed by atoms with E-state index in [1.807, 2.05) is 6.07 Å². The first-order chi connectivity index (χ1) is 9.61. The molecule has 1 unspecified atom stereocenters. The SMILES string of the molecule is N#CCc1c(F)cc(NC(=O)C2CCCCN2)cc1Br. The minimum Gasteiger partial charge on any atom is -0.325 e. The van der Waals surface area contributed by atoms with Crippen molar-refractivity contribution in [3.05, 3.63) is 28.0 Å². The van der Waals surface area contributed by atoms with E-state index in [9.17, 15) is 9.18 Å². The summed E-state index contributed by atoms with van der Waals surface area (Å²) in [6.07, 6.45) is 2.88. The smallest absolute Gasteiger partial charge is 0.241 e. The number of nitrogens with one attached hydrogen (secondary N) is 2. The highest BCUT2D eigenvalue weighted by molar-refractivity contribution is 9.10. The highest BCUT2D eigenvalue weighted by Crippen LogP contribution is 2.25. The predicted octanol–water partition coefficient (Wildman–Crippen LogP) is 2.73. The molecule has 0 bridgehead atoms. The summed E-state index contributed by atoms with van der Waals surface area (Å²) < 4.78 is 14.3. The average molecular weight is 340 g/mol. The number of anilines is 1. The van der Waals surface area contributed by atoms with Gasteiger partial charge in [0.1, 0.15) is 5.82 Å². The molecule has 6 heteroatoms. The minimum atomic E-state index is -0.493. The first-order valence-electron chi connectivity index (χ1n) is 6.51. The zero-order valence-electron chi connectivity index (χ0n) is 10.9. The molecule has 1 saturated heterocycles. The molecule has 0 radical (unpaired) electrons. The van der Waals surface area contributed by atoms with Gasteiger partial charge in [-0.15, -0.1) is 0 Å². The van der Waals surface area contributed by atoms with Gasteiger partial charge < -0.3 is 10.6 Å². The molecule has 1 heterocycles. The van der Waals surface area contributed by atoms with E-state index < -0.39 is 5.82 Å². The van der Waals surface area contributed by atoms with Gasteiger partial charge in [-0.25, -0.2) is 4.39 Å². The maximum absolute atomic E-state index is 13.8. The van der Waals surface area contributed by atoms with E-state index in [1.54, 1.807) is 6.07 Å². The van der Waals surface area contributed by atoms with Crippen molar-refractivity contribution >= 4 is 27.5 Å². The van der Waals surface area contributed by atoms with Crippen LogP contribution in [0.3, 0.4) is 0 Å². The highest BCUT2D eigenvalue weighted by atomic mass is 79.9. The standard InChI is InChI=1S/C14H15BrFN3O/c15-11-7-9(8-12(16)10(11)4-5-17)19-14(20)13-3-1-2-6-18-13/h7-8,13,18H,1-4,6H2,(H,19,20). The molecule has 1 aromatic carbocycles. The number of carbonyl (C=O) groups is 1. The van der Waals surface area contributed by atoms with Gasteiger partial charge in [0, 0.05) is 15.7 Å². The van der Waals surface area contributed by atoms with Crippen LogP contribution < -0.4 is 10.6 Å². The van der Waals surface area contributed by atoms with Gasteiger partial charge in [0.15, 0.2) is 0 Å². The molecule has 0 saturated carbocycles. The largest absolute Gasteiger partial charge is 0.325 e. The average Bonchev–Trinajstić information content (AvgIpc) is 2.44. The number of nitrogens with zero attached hydrogens (tertiary/aromatic N) is 1. The Labute approximate surface area is 125 Å². The van der Waals surface area contributed by atoms with Gasteiger partial charge in [0.05, 0.1) is 18.5 Å². The van der Waals surface area contributed by atoms with E-state index in [0.29, 0.717) is 15.7 Å². The zero-order valence-corrected chi connectivity index (χ0v) is 12.5. The van der Waals surface area contributed by atoms with E-state index >= 15 is 0 Å². The van der Waals surface area contributed by atoms with E-state index in [1.165, 1.54) is 6.07 Å². The number of hydrogen-bond donors (Lipinski definition) is 2. The monoisotopic (exact) mass is 339 g/mol. The summed E-state index contributed by atoms with van der Waals surface area (Å²) in [6.45, 7) is 0.831. The van der Waals surface area contributed by atoms with Gasteiger partial charge in [0.25, 0.3) is 0 Å². The number of hydrogen-bond acceptors (Lipinski definition) is 3. The van der Waals surface area contributed by atoms with Crippen LogP contribution >= 0.6 is 15.9 Å². The van der Waals surface area contributed by atoms with Crippen LogP contribution in [0.25, 0.3) is 0 Å². The highest BCUT2D eigenvalue weighted by Gasteiger charge is 2.21. The summed E-state index contributed by atoms with van der Waals surface area (Å²) in [4.78, 5) is 12.0. The van der Waals surface area contributed by atoms with E-state index in [-0.39, 0.29) is 18.4 Å². The third-order valence-electron chi connectivity index (χ3n) is 3.29. The van der Waals surface area contributed by atoms with E-state index in [4.69, 9.17) is 5.26 Å². The number of amides is 1. The fourth-order valence-electron chi connectivity index (χ4n) is 2.23. The van der Waals surface area contributed by atoms with Crippen molar-refractivity contribution in [1.29, 1.82) is 5.26 Å². The fourth-order valence-corrected chi connectivity index (χ4v) is 2.80. The predicted molar refractivity (Wildman–Crippen MR) is 77.7 cm³/mol. The van der Waals surface area contributed by atoms with E-state index in [2.05, 4.69) is 26.6 Å². The molecule has 20 heavy (non-hydrogen) atoms. The molecule has 0 spiro atoms. The minimum absolute atomic E-state index is 0.00910. The Hall–Kier alpha value is -1.45. The molecule has 106 valence electrons. The Morgan fingerprint density at radius 1 is 1.55 bits per heavy atom. The van der Waals surface area contributed by atoms with Crippen LogP contribution in [0.2, 0.25) is 0 Å². The number of halogens is 2. The molecule has 0 aromatic heterocycles. The van der Waals surface area contributed by atoms with Crippen LogP contribution in [-0.2, 0) is 11.2 Å². The number of nitriles is 1. The summed E-state index contributed by atoms with van der Waals surface area (Å²) in [5.74, 6) is -0.642. The molecule has 4 nitrogen and oxygen atoms in total. The Morgan fingerprint density at radius 3 is 2.95 bits per heavy atom. The van der Waals surface area contributed by atoms with Crippen molar-refractivity contribution < 1.29 is 9.18 Å². The zero-order chi connectivity index (χ0) is 14.5. The first kappa shape index (κ1) is 14.9. The van der Waals surface area contributed by atoms with E-state index in [0.717, 1.165) is 25.8 Å². The Bertz CT molecular complexity index is 527. The fraction of sp³-hybridized carbons (Fsp3) is 0.429. The molecule has 2 rings (SSSR count). The van der Waals surface area contributed by atoms with Crippen molar-refractivity contribution in [2.45, 2.75) is 31.7 Å². The lowest BCUT2D eigenvalue weighted by molar-refractivity contribution is -0.118. The molecular weight excluding hydrogens is 325 g/mol. The second kappa shape index (κ2) is 6.82. The van der Waals surface area contributed by atoms with Crippen LogP contribution in [-0.4, -0.2) is 18.5 Å². The van der Waals surface area contributed by atoms with Crippen molar-refractivity contribution in [2.75, 3.05) is 11.9 Å². The number of carbonyl (C=O) groups excluding carboxylic acids is 1. The number of benzene rings is 1. The maximum Gasteiger partial charge on any atom is 0.241 e. The van der Waals surface area contributed by atoms with Gasteiger partial charge in [0.2, 0.25) is 5.91 Å². The lowest BCUT2D eigenvalue weighted by Crippen LogP contribution is -2.43. The third-order valence-corrected chi connectivity index (χ3v) is 4.00. The summed E-state index contributed by atoms with van der Waals surface area (Å²) >= 11 is 3.23. The normalized spacial score (nSPS) is 18.4. The second-order valence-electron chi connectivity index (χ2n) is 4.75. The third kappa shape index (κ3) is 3.56. The number of rotatable bonds is 3. The lowest BCUT2D eigenvalue weighted by Gasteiger charge is -2.22. The van der Waals surface area contributed by atoms with Gasteiger partial charge in [-0.05, 0) is 31.5 Å². The molecule has 1 aliphatic heterocycles. The lowest BCUT2D eigenvalue weighted by atomic mass is 10.0. The molecule has 2 N–H and O–H groups in total. The summed E-state index contributed by atoms with van der Waals surface area (Å²) in [7, 11) is 0. The second-order valence-corrected chi connectivity index (χ2v) is 5.60. The number of piperidine rings is 1. The van der Waals surface area contributed by atoms with Crippen molar-refractivity contribution in [3.63, 3.8) is 0 Å². The van der Waals surface area contributed by atoms with Gasteiger partial charge in [-0.1, -0.05) is 22.4 Å². The Kier molecular flexibility index (Phi) is 5.10. The molecule has 0 aliphatic carbocycles. The Balaban J connectivity index is 2.10. The summed E-state index contributed by atoms with van der Waals surface area (Å²) in [5.41, 5.74) is 0.703. The molecule has 1 atom stereocenters. The molecule has 1 amide bonds. The van der Waals surface area contributed by atoms with Crippen LogP contribution in [0, 0.1) is 17.1 Å². The van der Waals surface area contributed by atoms with Crippen molar-refractivity contribution in [3.8, 4) is 6.07 Å². The van der Waals surface area contributed by atoms with Crippen molar-refractivity contribution in [1.82, 2.24) is 5.32 Å². The van der Waals surface area contributed by atoms with Crippen LogP contribution in [0.1, 0.15) is 24.8 Å². The van der Waals surface area contributed by atoms with Crippen LogP contribution in [0.4, 0.5) is 10.1 Å². The van der Waals surface area contributed by atoms with Gasteiger partial charge in [-0.3, -0.25) is 4.79 Å². The molecule has 1 fully saturated rings. The maximum atomic E-state index is 13.8. The summed E-state index contributed by atoms with van der Waals surface area (Å²) in [5, 5.41) is 14.5.